The van der Waals surface area contributed by atoms with Crippen LogP contribution < -0.4 is 5.32 Å². The first-order valence-corrected chi connectivity index (χ1v) is 6.86. The monoisotopic (exact) mass is 257 g/mol. The number of aryl methyl sites for hydroxylation is 3. The van der Waals surface area contributed by atoms with Crippen LogP contribution in [0.1, 0.15) is 35.2 Å². The molecule has 3 heteroatoms. The number of benzene rings is 1. The fourth-order valence-electron chi connectivity index (χ4n) is 2.39. The minimum atomic E-state index is 0.370. The molecule has 1 N–H and O–H groups in total. The highest BCUT2D eigenvalue weighted by molar-refractivity contribution is 5.37. The van der Waals surface area contributed by atoms with Crippen molar-refractivity contribution in [1.29, 1.82) is 0 Å². The molecule has 1 heterocycles. The molecule has 2 aromatic rings. The summed E-state index contributed by atoms with van der Waals surface area (Å²) >= 11 is 0. The average Bonchev–Trinajstić information content (AvgIpc) is 2.86. The van der Waals surface area contributed by atoms with Crippen molar-refractivity contribution in [2.45, 2.75) is 40.3 Å². The first-order valence-electron chi connectivity index (χ1n) is 6.86. The Morgan fingerprint density at radius 1 is 1.16 bits per heavy atom. The third kappa shape index (κ3) is 3.44. The topological polar surface area (TPSA) is 29.9 Å². The molecule has 0 spiro atoms. The normalized spacial score (nSPS) is 12.6. The molecule has 0 bridgehead atoms. The highest BCUT2D eigenvalue weighted by Crippen LogP contribution is 2.21. The summed E-state index contributed by atoms with van der Waals surface area (Å²) in [7, 11) is 0. The highest BCUT2D eigenvalue weighted by atomic mass is 15.3. The van der Waals surface area contributed by atoms with Crippen LogP contribution in [0, 0.1) is 20.8 Å². The minimum Gasteiger partial charge on any atom is -0.308 e. The van der Waals surface area contributed by atoms with E-state index in [-0.39, 0.29) is 0 Å². The lowest BCUT2D eigenvalue weighted by molar-refractivity contribution is 0.506. The Kier molecular flexibility index (Phi) is 4.38. The van der Waals surface area contributed by atoms with Gasteiger partial charge >= 0.3 is 0 Å². The number of aromatic nitrogens is 2. The molecule has 0 saturated carbocycles. The third-order valence-electron chi connectivity index (χ3n) is 3.70. The molecule has 102 valence electrons. The van der Waals surface area contributed by atoms with Crippen molar-refractivity contribution in [3.05, 3.63) is 52.8 Å². The maximum Gasteiger partial charge on any atom is 0.0534 e. The van der Waals surface area contributed by atoms with E-state index in [0.29, 0.717) is 6.04 Å². The number of nitrogens with zero attached hydrogens (tertiary/aromatic N) is 2. The summed E-state index contributed by atoms with van der Waals surface area (Å²) < 4.78 is 1.95. The van der Waals surface area contributed by atoms with Gasteiger partial charge in [0.1, 0.15) is 0 Å². The molecule has 1 atom stereocenters. The Morgan fingerprint density at radius 3 is 2.58 bits per heavy atom. The molecule has 19 heavy (non-hydrogen) atoms. The fourth-order valence-corrected chi connectivity index (χ4v) is 2.39. The number of hydrogen-bond donors (Lipinski definition) is 1. The van der Waals surface area contributed by atoms with Gasteiger partial charge in [-0.25, -0.2) is 0 Å². The van der Waals surface area contributed by atoms with Crippen molar-refractivity contribution in [2.75, 3.05) is 6.54 Å². The van der Waals surface area contributed by atoms with Crippen LogP contribution in [0.25, 0.3) is 0 Å². The van der Waals surface area contributed by atoms with Crippen molar-refractivity contribution in [3.8, 4) is 0 Å². The predicted octanol–water partition coefficient (Wildman–Crippen LogP) is 3.16. The van der Waals surface area contributed by atoms with Gasteiger partial charge in [-0.3, -0.25) is 4.68 Å². The van der Waals surface area contributed by atoms with Crippen LogP contribution in [0.4, 0.5) is 0 Å². The van der Waals surface area contributed by atoms with Crippen LogP contribution >= 0.6 is 0 Å². The van der Waals surface area contributed by atoms with E-state index in [9.17, 15) is 0 Å². The second kappa shape index (κ2) is 6.02. The fraction of sp³-hybridized carbons (Fsp3) is 0.438. The van der Waals surface area contributed by atoms with Crippen LogP contribution in [0.15, 0.2) is 30.6 Å². The molecule has 2 rings (SSSR count). The van der Waals surface area contributed by atoms with Gasteiger partial charge in [0.15, 0.2) is 0 Å². The van der Waals surface area contributed by atoms with E-state index in [4.69, 9.17) is 0 Å². The summed E-state index contributed by atoms with van der Waals surface area (Å²) in [6.45, 7) is 10.6. The zero-order chi connectivity index (χ0) is 13.8. The molecule has 0 amide bonds. The van der Waals surface area contributed by atoms with E-state index >= 15 is 0 Å². The van der Waals surface area contributed by atoms with Crippen LogP contribution in [-0.2, 0) is 6.54 Å². The molecule has 0 saturated heterocycles. The zero-order valence-corrected chi connectivity index (χ0v) is 12.3. The molecule has 0 radical (unpaired) electrons. The summed E-state index contributed by atoms with van der Waals surface area (Å²) in [5.74, 6) is 0. The number of nitrogens with one attached hydrogen (secondary N) is 1. The summed E-state index contributed by atoms with van der Waals surface area (Å²) in [6, 6.07) is 6.90. The van der Waals surface area contributed by atoms with Crippen LogP contribution in [0.3, 0.4) is 0 Å². The molecule has 1 aromatic carbocycles. The largest absolute Gasteiger partial charge is 0.308 e. The van der Waals surface area contributed by atoms with Crippen molar-refractivity contribution in [1.82, 2.24) is 15.1 Å². The second-order valence-corrected chi connectivity index (χ2v) is 5.24. The molecule has 0 aliphatic carbocycles. The summed E-state index contributed by atoms with van der Waals surface area (Å²) in [4.78, 5) is 0. The first-order chi connectivity index (χ1) is 9.08. The van der Waals surface area contributed by atoms with Gasteiger partial charge in [0.05, 0.1) is 6.54 Å². The molecule has 0 fully saturated rings. The van der Waals surface area contributed by atoms with E-state index in [1.807, 2.05) is 23.1 Å². The van der Waals surface area contributed by atoms with Gasteiger partial charge in [-0.1, -0.05) is 12.1 Å². The lowest BCUT2D eigenvalue weighted by Gasteiger charge is -2.18. The van der Waals surface area contributed by atoms with Crippen LogP contribution in [0.5, 0.6) is 0 Å². The zero-order valence-electron chi connectivity index (χ0n) is 12.3. The van der Waals surface area contributed by atoms with E-state index < -0.39 is 0 Å². The third-order valence-corrected chi connectivity index (χ3v) is 3.70. The molecule has 1 unspecified atom stereocenters. The van der Waals surface area contributed by atoms with Crippen molar-refractivity contribution < 1.29 is 0 Å². The first kappa shape index (κ1) is 13.8. The summed E-state index contributed by atoms with van der Waals surface area (Å²) in [6.07, 6.45) is 3.81. The van der Waals surface area contributed by atoms with Crippen molar-refractivity contribution in [3.63, 3.8) is 0 Å². The van der Waals surface area contributed by atoms with E-state index in [1.54, 1.807) is 0 Å². The van der Waals surface area contributed by atoms with Gasteiger partial charge < -0.3 is 5.32 Å². The molecular formula is C16H23N3. The van der Waals surface area contributed by atoms with Crippen LogP contribution in [0.2, 0.25) is 0 Å². The predicted molar refractivity (Wildman–Crippen MR) is 79.3 cm³/mol. The second-order valence-electron chi connectivity index (χ2n) is 5.24. The van der Waals surface area contributed by atoms with Crippen molar-refractivity contribution in [2.24, 2.45) is 0 Å². The van der Waals surface area contributed by atoms with Crippen LogP contribution in [-0.4, -0.2) is 16.3 Å². The highest BCUT2D eigenvalue weighted by Gasteiger charge is 2.09. The number of rotatable bonds is 5. The minimum absolute atomic E-state index is 0.370. The van der Waals surface area contributed by atoms with Crippen molar-refractivity contribution >= 4 is 0 Å². The van der Waals surface area contributed by atoms with E-state index in [0.717, 1.165) is 13.1 Å². The van der Waals surface area contributed by atoms with Gasteiger partial charge in [0.2, 0.25) is 0 Å². The lowest BCUT2D eigenvalue weighted by atomic mass is 9.96. The Labute approximate surface area is 115 Å². The standard InChI is InChI=1S/C16H23N3/c1-12-10-14(3)16(11-13(12)2)15(4)17-7-9-19-8-5-6-18-19/h5-6,8,10-11,15,17H,7,9H2,1-4H3. The Balaban J connectivity index is 1.96. The van der Waals surface area contributed by atoms with Gasteiger partial charge in [-0.15, -0.1) is 0 Å². The van der Waals surface area contributed by atoms with E-state index in [1.165, 1.54) is 22.3 Å². The maximum absolute atomic E-state index is 4.21. The molecule has 0 aliphatic rings. The molecule has 3 nitrogen and oxygen atoms in total. The average molecular weight is 257 g/mol. The van der Waals surface area contributed by atoms with E-state index in [2.05, 4.69) is 50.2 Å². The molecular weight excluding hydrogens is 234 g/mol. The SMILES string of the molecule is Cc1cc(C)c(C(C)NCCn2cccn2)cc1C. The molecule has 1 aromatic heterocycles. The Bertz CT molecular complexity index is 529. The number of hydrogen-bond acceptors (Lipinski definition) is 2. The lowest BCUT2D eigenvalue weighted by Crippen LogP contribution is -2.24. The van der Waals surface area contributed by atoms with Gasteiger partial charge in [0, 0.05) is 25.0 Å². The van der Waals surface area contributed by atoms with Gasteiger partial charge in [0.25, 0.3) is 0 Å². The summed E-state index contributed by atoms with van der Waals surface area (Å²) in [5.41, 5.74) is 5.48. The van der Waals surface area contributed by atoms with Gasteiger partial charge in [-0.05, 0) is 56.0 Å². The quantitative estimate of drug-likeness (QED) is 0.891. The Morgan fingerprint density at radius 2 is 1.89 bits per heavy atom. The molecule has 0 aliphatic heterocycles. The van der Waals surface area contributed by atoms with Gasteiger partial charge in [-0.2, -0.15) is 5.10 Å². The smallest absolute Gasteiger partial charge is 0.0534 e. The Hall–Kier alpha value is -1.61. The maximum atomic E-state index is 4.21. The summed E-state index contributed by atoms with van der Waals surface area (Å²) in [5, 5.41) is 7.77.